The number of rotatable bonds is 6. The Kier molecular flexibility index (Phi) is 6.48. The van der Waals surface area contributed by atoms with E-state index in [-0.39, 0.29) is 18.4 Å². The highest BCUT2D eigenvalue weighted by Gasteiger charge is 2.31. The molecular weight excluding hydrogens is 362 g/mol. The summed E-state index contributed by atoms with van der Waals surface area (Å²) in [6, 6.07) is 16.2. The first kappa shape index (κ1) is 19.4. The zero-order chi connectivity index (χ0) is 19.2. The number of nitrogens with one attached hydrogen (secondary N) is 1. The third-order valence-corrected chi connectivity index (χ3v) is 4.94. The quantitative estimate of drug-likeness (QED) is 0.827. The van der Waals surface area contributed by atoms with E-state index in [1.54, 1.807) is 29.2 Å². The van der Waals surface area contributed by atoms with Crippen molar-refractivity contribution in [2.75, 3.05) is 32.0 Å². The molecule has 1 aliphatic rings. The maximum absolute atomic E-state index is 13.1. The molecule has 27 heavy (non-hydrogen) atoms. The summed E-state index contributed by atoms with van der Waals surface area (Å²) in [5.41, 5.74) is 1.54. The van der Waals surface area contributed by atoms with Crippen LogP contribution in [0.3, 0.4) is 0 Å². The fourth-order valence-electron chi connectivity index (χ4n) is 3.42. The lowest BCUT2D eigenvalue weighted by molar-refractivity contribution is -0.136. The monoisotopic (exact) mass is 385 g/mol. The van der Waals surface area contributed by atoms with Gasteiger partial charge in [0.1, 0.15) is 6.04 Å². The molecule has 1 saturated heterocycles. The lowest BCUT2D eigenvalue weighted by Gasteiger charge is -2.30. The molecule has 3 rings (SSSR count). The first-order chi connectivity index (χ1) is 13.0. The van der Waals surface area contributed by atoms with E-state index in [9.17, 15) is 9.59 Å². The van der Waals surface area contributed by atoms with Crippen LogP contribution in [0.4, 0.5) is 5.69 Å². The molecular formula is C21H24ClN3O2. The van der Waals surface area contributed by atoms with E-state index >= 15 is 0 Å². The second-order valence-corrected chi connectivity index (χ2v) is 7.26. The summed E-state index contributed by atoms with van der Waals surface area (Å²) in [4.78, 5) is 29.3. The molecule has 2 amide bonds. The number of benzene rings is 2. The number of nitrogens with zero attached hydrogens (tertiary/aromatic N) is 2. The van der Waals surface area contributed by atoms with Crippen LogP contribution in [0.15, 0.2) is 54.6 Å². The molecule has 1 heterocycles. The second kappa shape index (κ2) is 9.02. The normalized spacial score (nSPS) is 15.0. The Labute approximate surface area is 164 Å². The smallest absolute Gasteiger partial charge is 0.244 e. The predicted octanol–water partition coefficient (Wildman–Crippen LogP) is 3.57. The molecule has 1 N–H and O–H groups in total. The summed E-state index contributed by atoms with van der Waals surface area (Å²) >= 11 is 5.97. The van der Waals surface area contributed by atoms with Gasteiger partial charge in [0.2, 0.25) is 11.8 Å². The van der Waals surface area contributed by atoms with E-state index in [4.69, 9.17) is 11.6 Å². The van der Waals surface area contributed by atoms with Gasteiger partial charge in [-0.3, -0.25) is 14.5 Å². The molecule has 2 aromatic carbocycles. The summed E-state index contributed by atoms with van der Waals surface area (Å²) in [5, 5.41) is 3.40. The zero-order valence-electron chi connectivity index (χ0n) is 15.4. The number of likely N-dealkylation sites (tertiary alicyclic amines) is 1. The average Bonchev–Trinajstić information content (AvgIpc) is 3.17. The van der Waals surface area contributed by atoms with Gasteiger partial charge in [-0.1, -0.05) is 48.0 Å². The lowest BCUT2D eigenvalue weighted by Crippen LogP contribution is -2.43. The van der Waals surface area contributed by atoms with Gasteiger partial charge in [-0.05, 0) is 43.7 Å². The highest BCUT2D eigenvalue weighted by atomic mass is 35.5. The van der Waals surface area contributed by atoms with E-state index in [0.717, 1.165) is 31.5 Å². The first-order valence-corrected chi connectivity index (χ1v) is 9.52. The summed E-state index contributed by atoms with van der Waals surface area (Å²) < 4.78 is 0. The van der Waals surface area contributed by atoms with Crippen molar-refractivity contribution in [1.82, 2.24) is 9.80 Å². The number of likely N-dealkylation sites (N-methyl/N-ethyl adjacent to an activating group) is 1. The van der Waals surface area contributed by atoms with E-state index in [1.165, 1.54) is 0 Å². The Bertz CT molecular complexity index is 791. The molecule has 1 atom stereocenters. The van der Waals surface area contributed by atoms with Crippen molar-refractivity contribution in [3.63, 3.8) is 0 Å². The second-order valence-electron chi connectivity index (χ2n) is 6.82. The van der Waals surface area contributed by atoms with E-state index < -0.39 is 6.04 Å². The van der Waals surface area contributed by atoms with Gasteiger partial charge in [-0.25, -0.2) is 0 Å². The fourth-order valence-corrected chi connectivity index (χ4v) is 3.61. The molecule has 142 valence electrons. The molecule has 0 spiro atoms. The van der Waals surface area contributed by atoms with Crippen molar-refractivity contribution >= 4 is 29.1 Å². The predicted molar refractivity (Wildman–Crippen MR) is 108 cm³/mol. The largest absolute Gasteiger partial charge is 0.341 e. The Morgan fingerprint density at radius 1 is 1.11 bits per heavy atom. The Morgan fingerprint density at radius 3 is 2.48 bits per heavy atom. The number of anilines is 1. The SMILES string of the molecule is CN(CC(=O)Nc1cccc(Cl)c1)C(C(=O)N1CCCC1)c1ccccc1. The average molecular weight is 386 g/mol. The van der Waals surface area contributed by atoms with Crippen molar-refractivity contribution in [3.05, 3.63) is 65.2 Å². The van der Waals surface area contributed by atoms with Crippen molar-refractivity contribution < 1.29 is 9.59 Å². The van der Waals surface area contributed by atoms with E-state index in [2.05, 4.69) is 5.32 Å². The van der Waals surface area contributed by atoms with E-state index in [0.29, 0.717) is 10.7 Å². The van der Waals surface area contributed by atoms with Gasteiger partial charge in [0.05, 0.1) is 6.54 Å². The molecule has 0 radical (unpaired) electrons. The van der Waals surface area contributed by atoms with Crippen LogP contribution in [-0.2, 0) is 9.59 Å². The minimum Gasteiger partial charge on any atom is -0.341 e. The highest BCUT2D eigenvalue weighted by Crippen LogP contribution is 2.24. The topological polar surface area (TPSA) is 52.7 Å². The lowest BCUT2D eigenvalue weighted by atomic mass is 10.0. The maximum Gasteiger partial charge on any atom is 0.244 e. The van der Waals surface area contributed by atoms with Gasteiger partial charge >= 0.3 is 0 Å². The number of carbonyl (C=O) groups is 2. The van der Waals surface area contributed by atoms with Crippen LogP contribution < -0.4 is 5.32 Å². The molecule has 2 aromatic rings. The van der Waals surface area contributed by atoms with Crippen LogP contribution in [0, 0.1) is 0 Å². The van der Waals surface area contributed by atoms with Crippen molar-refractivity contribution in [2.45, 2.75) is 18.9 Å². The number of carbonyl (C=O) groups excluding carboxylic acids is 2. The van der Waals surface area contributed by atoms with Crippen molar-refractivity contribution in [2.24, 2.45) is 0 Å². The van der Waals surface area contributed by atoms with Gasteiger partial charge in [0.25, 0.3) is 0 Å². The molecule has 6 heteroatoms. The first-order valence-electron chi connectivity index (χ1n) is 9.14. The minimum atomic E-state index is -0.477. The number of halogens is 1. The number of hydrogen-bond donors (Lipinski definition) is 1. The van der Waals surface area contributed by atoms with Gasteiger partial charge in [-0.2, -0.15) is 0 Å². The molecule has 1 unspecified atom stereocenters. The summed E-state index contributed by atoms with van der Waals surface area (Å²) in [5.74, 6) is -0.133. The fraction of sp³-hybridized carbons (Fsp3) is 0.333. The van der Waals surface area contributed by atoms with Crippen LogP contribution >= 0.6 is 11.6 Å². The van der Waals surface area contributed by atoms with Gasteiger partial charge < -0.3 is 10.2 Å². The molecule has 0 aromatic heterocycles. The summed E-state index contributed by atoms with van der Waals surface area (Å²) in [7, 11) is 1.81. The molecule has 1 fully saturated rings. The van der Waals surface area contributed by atoms with Crippen LogP contribution in [-0.4, -0.2) is 48.3 Å². The van der Waals surface area contributed by atoms with Gasteiger partial charge in [-0.15, -0.1) is 0 Å². The van der Waals surface area contributed by atoms with Crippen LogP contribution in [0.25, 0.3) is 0 Å². The van der Waals surface area contributed by atoms with E-state index in [1.807, 2.05) is 42.3 Å². The Hall–Kier alpha value is -2.37. The van der Waals surface area contributed by atoms with Crippen molar-refractivity contribution in [1.29, 1.82) is 0 Å². The molecule has 0 bridgehead atoms. The Balaban J connectivity index is 1.73. The van der Waals surface area contributed by atoms with Gasteiger partial charge in [0, 0.05) is 23.8 Å². The highest BCUT2D eigenvalue weighted by molar-refractivity contribution is 6.30. The maximum atomic E-state index is 13.1. The number of hydrogen-bond acceptors (Lipinski definition) is 3. The standard InChI is InChI=1S/C21H24ClN3O2/c1-24(15-19(26)23-18-11-7-10-17(22)14-18)20(16-8-3-2-4-9-16)21(27)25-12-5-6-13-25/h2-4,7-11,14,20H,5-6,12-13,15H2,1H3,(H,23,26). The van der Waals surface area contributed by atoms with Crippen LogP contribution in [0.5, 0.6) is 0 Å². The third-order valence-electron chi connectivity index (χ3n) is 4.71. The minimum absolute atomic E-state index is 0.0526. The molecule has 0 saturated carbocycles. The summed E-state index contributed by atoms with van der Waals surface area (Å²) in [6.45, 7) is 1.67. The molecule has 0 aliphatic carbocycles. The van der Waals surface area contributed by atoms with Crippen molar-refractivity contribution in [3.8, 4) is 0 Å². The van der Waals surface area contributed by atoms with Crippen LogP contribution in [0.2, 0.25) is 5.02 Å². The molecule has 5 nitrogen and oxygen atoms in total. The Morgan fingerprint density at radius 2 is 1.81 bits per heavy atom. The van der Waals surface area contributed by atoms with Gasteiger partial charge in [0.15, 0.2) is 0 Å². The van der Waals surface area contributed by atoms with Crippen LogP contribution in [0.1, 0.15) is 24.4 Å². The number of amides is 2. The third kappa shape index (κ3) is 5.08. The summed E-state index contributed by atoms with van der Waals surface area (Å²) in [6.07, 6.45) is 2.07. The molecule has 1 aliphatic heterocycles. The zero-order valence-corrected chi connectivity index (χ0v) is 16.2.